The number of oxazole rings is 1. The quantitative estimate of drug-likeness (QED) is 0.762. The Labute approximate surface area is 141 Å². The molecule has 1 heterocycles. The van der Waals surface area contributed by atoms with Gasteiger partial charge in [-0.2, -0.15) is 0 Å². The molecule has 6 heteroatoms. The standard InChI is InChI=1S/C18H23N3O3/c1-12-4-5-15(10-13(12)2)16-11-21-18(24-16)7-6-17(23)20-9-8-19-14(3)22/h4-5,10-11H,6-9H2,1-3H3,(H,19,22)(H,20,23). The summed E-state index contributed by atoms with van der Waals surface area (Å²) in [4.78, 5) is 26.7. The fraction of sp³-hybridized carbons (Fsp3) is 0.389. The van der Waals surface area contributed by atoms with Crippen molar-refractivity contribution in [3.8, 4) is 11.3 Å². The Balaban J connectivity index is 1.82. The van der Waals surface area contributed by atoms with Crippen LogP contribution in [0.1, 0.15) is 30.4 Å². The molecular weight excluding hydrogens is 306 g/mol. The number of aryl methyl sites for hydroxylation is 3. The third-order valence-electron chi connectivity index (χ3n) is 3.73. The van der Waals surface area contributed by atoms with Crippen molar-refractivity contribution in [2.75, 3.05) is 13.1 Å². The van der Waals surface area contributed by atoms with Crippen LogP contribution >= 0.6 is 0 Å². The van der Waals surface area contributed by atoms with Crippen LogP contribution in [0.15, 0.2) is 28.8 Å². The van der Waals surface area contributed by atoms with Gasteiger partial charge in [-0.3, -0.25) is 9.59 Å². The van der Waals surface area contributed by atoms with Crippen LogP contribution < -0.4 is 10.6 Å². The molecule has 0 aliphatic rings. The summed E-state index contributed by atoms with van der Waals surface area (Å²) in [6, 6.07) is 6.12. The highest BCUT2D eigenvalue weighted by molar-refractivity contribution is 5.76. The lowest BCUT2D eigenvalue weighted by atomic mass is 10.1. The molecule has 128 valence electrons. The molecule has 0 unspecified atom stereocenters. The Hall–Kier alpha value is -2.63. The minimum Gasteiger partial charge on any atom is -0.441 e. The van der Waals surface area contributed by atoms with Crippen molar-refractivity contribution in [3.05, 3.63) is 41.4 Å². The van der Waals surface area contributed by atoms with Crippen molar-refractivity contribution in [3.63, 3.8) is 0 Å². The number of rotatable bonds is 7. The second-order valence-electron chi connectivity index (χ2n) is 5.75. The number of carbonyl (C=O) groups excluding carboxylic acids is 2. The minimum absolute atomic E-state index is 0.0914. The molecule has 1 aromatic heterocycles. The van der Waals surface area contributed by atoms with Crippen molar-refractivity contribution in [2.24, 2.45) is 0 Å². The summed E-state index contributed by atoms with van der Waals surface area (Å²) in [6.45, 7) is 6.41. The Bertz CT molecular complexity index is 722. The van der Waals surface area contributed by atoms with E-state index in [-0.39, 0.29) is 11.8 Å². The molecule has 6 nitrogen and oxygen atoms in total. The Kier molecular flexibility index (Phi) is 6.12. The van der Waals surface area contributed by atoms with Gasteiger partial charge in [0, 0.05) is 38.4 Å². The molecular formula is C18H23N3O3. The lowest BCUT2D eigenvalue weighted by Gasteiger charge is -2.04. The number of aromatic nitrogens is 1. The van der Waals surface area contributed by atoms with Crippen LogP contribution in [0.5, 0.6) is 0 Å². The average molecular weight is 329 g/mol. The molecule has 2 aromatic rings. The average Bonchev–Trinajstić information content (AvgIpc) is 3.01. The van der Waals surface area contributed by atoms with E-state index in [1.54, 1.807) is 6.20 Å². The predicted molar refractivity (Wildman–Crippen MR) is 91.4 cm³/mol. The molecule has 0 saturated heterocycles. The Morgan fingerprint density at radius 2 is 1.88 bits per heavy atom. The van der Waals surface area contributed by atoms with E-state index in [4.69, 9.17) is 4.42 Å². The molecule has 0 spiro atoms. The minimum atomic E-state index is -0.108. The fourth-order valence-electron chi connectivity index (χ4n) is 2.20. The molecule has 0 bridgehead atoms. The molecule has 0 aliphatic carbocycles. The van der Waals surface area contributed by atoms with Gasteiger partial charge < -0.3 is 15.1 Å². The summed E-state index contributed by atoms with van der Waals surface area (Å²) in [7, 11) is 0. The molecule has 0 radical (unpaired) electrons. The molecule has 2 rings (SSSR count). The number of nitrogens with zero attached hydrogens (tertiary/aromatic N) is 1. The summed E-state index contributed by atoms with van der Waals surface area (Å²) in [5.41, 5.74) is 3.41. The Morgan fingerprint density at radius 3 is 2.58 bits per heavy atom. The molecule has 2 amide bonds. The molecule has 0 fully saturated rings. The van der Waals surface area contributed by atoms with E-state index in [1.807, 2.05) is 6.07 Å². The first-order valence-corrected chi connectivity index (χ1v) is 7.99. The molecule has 0 atom stereocenters. The lowest BCUT2D eigenvalue weighted by Crippen LogP contribution is -2.33. The molecule has 0 aliphatic heterocycles. The third kappa shape index (κ3) is 5.22. The van der Waals surface area contributed by atoms with Crippen LogP contribution in [0.2, 0.25) is 0 Å². The lowest BCUT2D eigenvalue weighted by molar-refractivity contribution is -0.122. The first-order chi connectivity index (χ1) is 11.5. The van der Waals surface area contributed by atoms with E-state index >= 15 is 0 Å². The Morgan fingerprint density at radius 1 is 1.12 bits per heavy atom. The van der Waals surface area contributed by atoms with Gasteiger partial charge in [0.1, 0.15) is 0 Å². The molecule has 2 N–H and O–H groups in total. The number of carbonyl (C=O) groups is 2. The van der Waals surface area contributed by atoms with Gasteiger partial charge in [-0.25, -0.2) is 4.98 Å². The maximum atomic E-state index is 11.7. The highest BCUT2D eigenvalue weighted by atomic mass is 16.4. The van der Waals surface area contributed by atoms with Crippen LogP contribution in [-0.4, -0.2) is 29.9 Å². The second-order valence-corrected chi connectivity index (χ2v) is 5.75. The molecule has 24 heavy (non-hydrogen) atoms. The van der Waals surface area contributed by atoms with E-state index in [9.17, 15) is 9.59 Å². The van der Waals surface area contributed by atoms with Crippen LogP contribution in [-0.2, 0) is 16.0 Å². The third-order valence-corrected chi connectivity index (χ3v) is 3.73. The first kappa shape index (κ1) is 17.7. The van der Waals surface area contributed by atoms with E-state index in [0.717, 1.165) is 5.56 Å². The van der Waals surface area contributed by atoms with Gasteiger partial charge in [-0.1, -0.05) is 12.1 Å². The van der Waals surface area contributed by atoms with E-state index in [1.165, 1.54) is 18.1 Å². The second kappa shape index (κ2) is 8.29. The van der Waals surface area contributed by atoms with E-state index < -0.39 is 0 Å². The zero-order valence-corrected chi connectivity index (χ0v) is 14.3. The van der Waals surface area contributed by atoms with Gasteiger partial charge in [0.15, 0.2) is 11.7 Å². The van der Waals surface area contributed by atoms with Crippen molar-refractivity contribution < 1.29 is 14.0 Å². The van der Waals surface area contributed by atoms with Crippen LogP contribution in [0.4, 0.5) is 0 Å². The molecule has 1 aromatic carbocycles. The van der Waals surface area contributed by atoms with E-state index in [0.29, 0.717) is 37.6 Å². The van der Waals surface area contributed by atoms with Gasteiger partial charge >= 0.3 is 0 Å². The zero-order chi connectivity index (χ0) is 17.5. The maximum absolute atomic E-state index is 11.7. The highest BCUT2D eigenvalue weighted by Crippen LogP contribution is 2.23. The first-order valence-electron chi connectivity index (χ1n) is 7.99. The number of amides is 2. The van der Waals surface area contributed by atoms with Gasteiger partial charge in [0.2, 0.25) is 11.8 Å². The summed E-state index contributed by atoms with van der Waals surface area (Å²) >= 11 is 0. The fourth-order valence-corrected chi connectivity index (χ4v) is 2.20. The summed E-state index contributed by atoms with van der Waals surface area (Å²) in [5, 5.41) is 5.36. The largest absolute Gasteiger partial charge is 0.441 e. The van der Waals surface area contributed by atoms with Crippen molar-refractivity contribution in [2.45, 2.75) is 33.6 Å². The highest BCUT2D eigenvalue weighted by Gasteiger charge is 2.09. The van der Waals surface area contributed by atoms with Crippen LogP contribution in [0.3, 0.4) is 0 Å². The summed E-state index contributed by atoms with van der Waals surface area (Å²) in [6.07, 6.45) is 2.43. The zero-order valence-electron chi connectivity index (χ0n) is 14.3. The summed E-state index contributed by atoms with van der Waals surface area (Å²) < 4.78 is 5.72. The monoisotopic (exact) mass is 329 g/mol. The maximum Gasteiger partial charge on any atom is 0.220 e. The van der Waals surface area contributed by atoms with Crippen molar-refractivity contribution in [1.82, 2.24) is 15.6 Å². The normalized spacial score (nSPS) is 10.5. The van der Waals surface area contributed by atoms with Gasteiger partial charge in [-0.15, -0.1) is 0 Å². The van der Waals surface area contributed by atoms with Crippen molar-refractivity contribution in [1.29, 1.82) is 0 Å². The SMILES string of the molecule is CC(=O)NCCNC(=O)CCc1ncc(-c2ccc(C)c(C)c2)o1. The smallest absolute Gasteiger partial charge is 0.220 e. The van der Waals surface area contributed by atoms with Gasteiger partial charge in [0.05, 0.1) is 6.20 Å². The number of nitrogens with one attached hydrogen (secondary N) is 2. The van der Waals surface area contributed by atoms with E-state index in [2.05, 4.69) is 41.6 Å². The number of benzene rings is 1. The van der Waals surface area contributed by atoms with Crippen LogP contribution in [0, 0.1) is 13.8 Å². The van der Waals surface area contributed by atoms with Crippen molar-refractivity contribution >= 4 is 11.8 Å². The number of hydrogen-bond acceptors (Lipinski definition) is 4. The van der Waals surface area contributed by atoms with Gasteiger partial charge in [-0.05, 0) is 31.0 Å². The van der Waals surface area contributed by atoms with Gasteiger partial charge in [0.25, 0.3) is 0 Å². The molecule has 0 saturated carbocycles. The van der Waals surface area contributed by atoms with Crippen LogP contribution in [0.25, 0.3) is 11.3 Å². The predicted octanol–water partition coefficient (Wildman–Crippen LogP) is 2.14. The topological polar surface area (TPSA) is 84.2 Å². The number of hydrogen-bond donors (Lipinski definition) is 2. The summed E-state index contributed by atoms with van der Waals surface area (Å²) in [5.74, 6) is 1.05.